The third-order valence-electron chi connectivity index (χ3n) is 4.91. The zero-order valence-corrected chi connectivity index (χ0v) is 14.4. The summed E-state index contributed by atoms with van der Waals surface area (Å²) < 4.78 is 5.88. The van der Waals surface area contributed by atoms with Gasteiger partial charge in [0.05, 0.1) is 18.8 Å². The van der Waals surface area contributed by atoms with Crippen LogP contribution in [0.4, 0.5) is 5.82 Å². The van der Waals surface area contributed by atoms with Gasteiger partial charge in [0.15, 0.2) is 0 Å². The Morgan fingerprint density at radius 3 is 3.00 bits per heavy atom. The van der Waals surface area contributed by atoms with E-state index in [9.17, 15) is 4.79 Å². The Kier molecular flexibility index (Phi) is 4.24. The van der Waals surface area contributed by atoms with Crippen molar-refractivity contribution in [3.05, 3.63) is 46.8 Å². The molecule has 0 bridgehead atoms. The van der Waals surface area contributed by atoms with Gasteiger partial charge in [0.1, 0.15) is 5.82 Å². The van der Waals surface area contributed by atoms with Gasteiger partial charge >= 0.3 is 0 Å². The maximum Gasteiger partial charge on any atom is 0.254 e. The smallest absolute Gasteiger partial charge is 0.254 e. The van der Waals surface area contributed by atoms with E-state index in [-0.39, 0.29) is 11.3 Å². The minimum absolute atomic E-state index is 0.000295. The Morgan fingerprint density at radius 1 is 1.25 bits per heavy atom. The maximum absolute atomic E-state index is 12.8. The molecular weight excluding hydrogens is 322 g/mol. The number of amides is 1. The zero-order valence-electron chi connectivity index (χ0n) is 13.6. The number of pyridine rings is 1. The second-order valence-corrected chi connectivity index (χ2v) is 7.43. The number of hydrogen-bond donors (Lipinski definition) is 0. The average molecular weight is 343 g/mol. The van der Waals surface area contributed by atoms with Crippen LogP contribution in [0, 0.1) is 5.41 Å². The van der Waals surface area contributed by atoms with Crippen molar-refractivity contribution in [2.24, 2.45) is 5.41 Å². The van der Waals surface area contributed by atoms with Crippen molar-refractivity contribution < 1.29 is 9.53 Å². The van der Waals surface area contributed by atoms with Gasteiger partial charge in [0, 0.05) is 43.2 Å². The van der Waals surface area contributed by atoms with Crippen molar-refractivity contribution >= 4 is 23.1 Å². The van der Waals surface area contributed by atoms with Crippen molar-refractivity contribution in [2.75, 3.05) is 44.3 Å². The maximum atomic E-state index is 12.8. The molecule has 2 aliphatic rings. The van der Waals surface area contributed by atoms with E-state index in [4.69, 9.17) is 4.74 Å². The van der Waals surface area contributed by atoms with Crippen LogP contribution in [0.25, 0.3) is 0 Å². The molecule has 1 spiro atoms. The summed E-state index contributed by atoms with van der Waals surface area (Å²) >= 11 is 1.56. The number of carbonyl (C=O) groups is 1. The van der Waals surface area contributed by atoms with Crippen LogP contribution in [0.5, 0.6) is 0 Å². The first-order valence-corrected chi connectivity index (χ1v) is 9.25. The molecule has 1 unspecified atom stereocenters. The van der Waals surface area contributed by atoms with Crippen LogP contribution in [-0.4, -0.2) is 55.2 Å². The molecule has 1 atom stereocenters. The van der Waals surface area contributed by atoms with E-state index in [2.05, 4.69) is 9.88 Å². The lowest BCUT2D eigenvalue weighted by Gasteiger charge is -2.32. The summed E-state index contributed by atoms with van der Waals surface area (Å²) in [4.78, 5) is 21.5. The highest BCUT2D eigenvalue weighted by Gasteiger charge is 2.42. The third kappa shape index (κ3) is 3.03. The molecular formula is C18H21N3O2S. The van der Waals surface area contributed by atoms with Gasteiger partial charge in [-0.1, -0.05) is 6.07 Å². The normalized spacial score (nSPS) is 24.3. The third-order valence-corrected chi connectivity index (χ3v) is 5.59. The van der Waals surface area contributed by atoms with Crippen LogP contribution in [-0.2, 0) is 4.74 Å². The Bertz CT molecular complexity index is 692. The second-order valence-electron chi connectivity index (χ2n) is 6.65. The lowest BCUT2D eigenvalue weighted by atomic mass is 9.87. The Balaban J connectivity index is 1.51. The van der Waals surface area contributed by atoms with E-state index < -0.39 is 0 Å². The molecule has 2 aliphatic heterocycles. The molecule has 0 radical (unpaired) electrons. The monoisotopic (exact) mass is 343 g/mol. The number of anilines is 1. The summed E-state index contributed by atoms with van der Waals surface area (Å²) in [7, 11) is 0. The van der Waals surface area contributed by atoms with Gasteiger partial charge in [-0.3, -0.25) is 4.79 Å². The number of nitrogens with zero attached hydrogens (tertiary/aromatic N) is 3. The van der Waals surface area contributed by atoms with E-state index in [1.54, 1.807) is 11.3 Å². The van der Waals surface area contributed by atoms with Gasteiger partial charge < -0.3 is 14.5 Å². The van der Waals surface area contributed by atoms with Crippen molar-refractivity contribution in [3.8, 4) is 0 Å². The summed E-state index contributed by atoms with van der Waals surface area (Å²) in [6, 6.07) is 7.90. The van der Waals surface area contributed by atoms with Crippen molar-refractivity contribution in [1.29, 1.82) is 0 Å². The lowest BCUT2D eigenvalue weighted by molar-refractivity contribution is 0.0691. The predicted octanol–water partition coefficient (Wildman–Crippen LogP) is 2.51. The quantitative estimate of drug-likeness (QED) is 0.841. The fraction of sp³-hybridized carbons (Fsp3) is 0.444. The summed E-state index contributed by atoms with van der Waals surface area (Å²) in [5.74, 6) is 1.13. The standard InChI is InChI=1S/C18H21N3O2S/c22-17(15-4-10-24-11-15)21-8-9-23-14-18(13-21)5-7-20(12-18)16-3-1-2-6-19-16/h1-4,6,10-11H,5,7-9,12-14H2. The molecule has 0 aliphatic carbocycles. The summed E-state index contributed by atoms with van der Waals surface area (Å²) in [5, 5.41) is 3.88. The molecule has 2 fully saturated rings. The van der Waals surface area contributed by atoms with Crippen LogP contribution >= 0.6 is 11.3 Å². The molecule has 2 aromatic rings. The molecule has 126 valence electrons. The van der Waals surface area contributed by atoms with E-state index in [0.717, 1.165) is 37.4 Å². The van der Waals surface area contributed by atoms with Crippen LogP contribution in [0.3, 0.4) is 0 Å². The fourth-order valence-corrected chi connectivity index (χ4v) is 4.28. The molecule has 2 aromatic heterocycles. The first kappa shape index (κ1) is 15.6. The summed E-state index contributed by atoms with van der Waals surface area (Å²) in [5.41, 5.74) is 0.788. The SMILES string of the molecule is O=C(c1ccsc1)N1CCOCC2(CCN(c3ccccn3)C2)C1. The molecule has 6 heteroatoms. The van der Waals surface area contributed by atoms with E-state index in [0.29, 0.717) is 19.8 Å². The van der Waals surface area contributed by atoms with Crippen molar-refractivity contribution in [3.63, 3.8) is 0 Å². The van der Waals surface area contributed by atoms with E-state index in [1.165, 1.54) is 0 Å². The predicted molar refractivity (Wildman–Crippen MR) is 94.5 cm³/mol. The Morgan fingerprint density at radius 2 is 2.21 bits per heavy atom. The van der Waals surface area contributed by atoms with Crippen LogP contribution < -0.4 is 4.90 Å². The highest BCUT2D eigenvalue weighted by Crippen LogP contribution is 2.35. The molecule has 24 heavy (non-hydrogen) atoms. The molecule has 0 aromatic carbocycles. The largest absolute Gasteiger partial charge is 0.379 e. The zero-order chi connectivity index (χ0) is 16.4. The van der Waals surface area contributed by atoms with E-state index >= 15 is 0 Å². The molecule has 4 rings (SSSR count). The minimum atomic E-state index is -0.000295. The number of ether oxygens (including phenoxy) is 1. The molecule has 4 heterocycles. The average Bonchev–Trinajstić information content (AvgIpc) is 3.24. The second kappa shape index (κ2) is 6.53. The van der Waals surface area contributed by atoms with Crippen LogP contribution in [0.1, 0.15) is 16.8 Å². The topological polar surface area (TPSA) is 45.7 Å². The lowest BCUT2D eigenvalue weighted by Crippen LogP contribution is -2.43. The molecule has 2 saturated heterocycles. The first-order valence-electron chi connectivity index (χ1n) is 8.31. The van der Waals surface area contributed by atoms with Gasteiger partial charge in [0.2, 0.25) is 0 Å². The van der Waals surface area contributed by atoms with E-state index in [1.807, 2.05) is 46.1 Å². The van der Waals surface area contributed by atoms with Crippen LogP contribution in [0.15, 0.2) is 41.2 Å². The van der Waals surface area contributed by atoms with Crippen molar-refractivity contribution in [2.45, 2.75) is 6.42 Å². The number of hydrogen-bond acceptors (Lipinski definition) is 5. The number of carbonyl (C=O) groups excluding carboxylic acids is 1. The Labute approximate surface area is 145 Å². The number of rotatable bonds is 2. The molecule has 1 amide bonds. The summed E-state index contributed by atoms with van der Waals surface area (Å²) in [6.45, 7) is 4.59. The fourth-order valence-electron chi connectivity index (χ4n) is 3.65. The van der Waals surface area contributed by atoms with Gasteiger partial charge in [-0.05, 0) is 30.0 Å². The summed E-state index contributed by atoms with van der Waals surface area (Å²) in [6.07, 6.45) is 2.85. The Hall–Kier alpha value is -1.92. The number of aromatic nitrogens is 1. The number of thiophene rings is 1. The van der Waals surface area contributed by atoms with Gasteiger partial charge in [0.25, 0.3) is 5.91 Å². The first-order chi connectivity index (χ1) is 11.8. The van der Waals surface area contributed by atoms with Crippen molar-refractivity contribution in [1.82, 2.24) is 9.88 Å². The van der Waals surface area contributed by atoms with Gasteiger partial charge in [-0.25, -0.2) is 4.98 Å². The molecule has 5 nitrogen and oxygen atoms in total. The highest BCUT2D eigenvalue weighted by atomic mass is 32.1. The molecule has 0 N–H and O–H groups in total. The highest BCUT2D eigenvalue weighted by molar-refractivity contribution is 7.08. The van der Waals surface area contributed by atoms with Gasteiger partial charge in [-0.2, -0.15) is 11.3 Å². The van der Waals surface area contributed by atoms with Gasteiger partial charge in [-0.15, -0.1) is 0 Å². The van der Waals surface area contributed by atoms with Crippen LogP contribution in [0.2, 0.25) is 0 Å². The molecule has 0 saturated carbocycles. The minimum Gasteiger partial charge on any atom is -0.379 e.